The highest BCUT2D eigenvalue weighted by Gasteiger charge is 2.55. The molecule has 3 fully saturated rings. The number of esters is 1. The minimum atomic E-state index is -0.300. The molecule has 2 aliphatic carbocycles. The summed E-state index contributed by atoms with van der Waals surface area (Å²) in [6.07, 6.45) is 1.96. The van der Waals surface area contributed by atoms with E-state index < -0.39 is 0 Å². The number of Topliss-reactive ketones (excluding diaryl/α,β-unsaturated/α-hetero) is 1. The molecule has 0 bridgehead atoms. The molecule has 5 atom stereocenters. The highest BCUT2D eigenvalue weighted by Crippen LogP contribution is 2.51. The third kappa shape index (κ3) is 2.26. The Morgan fingerprint density at radius 3 is 2.76 bits per heavy atom. The maximum Gasteiger partial charge on any atom is 0.334 e. The summed E-state index contributed by atoms with van der Waals surface area (Å²) in [6, 6.07) is 0. The molecule has 0 amide bonds. The minimum Gasteiger partial charge on any atom is -0.458 e. The number of ketones is 1. The van der Waals surface area contributed by atoms with E-state index in [-0.39, 0.29) is 41.5 Å². The van der Waals surface area contributed by atoms with E-state index in [1.807, 2.05) is 6.92 Å². The fourth-order valence-electron chi connectivity index (χ4n) is 4.17. The SMILES string of the molecule is C=C1C(=O)OC2C1CCC(=C)C1CC(=O)C(COCC)C12. The number of carbonyl (C=O) groups is 2. The van der Waals surface area contributed by atoms with Crippen molar-refractivity contribution in [3.8, 4) is 0 Å². The average Bonchev–Trinajstić information content (AvgIpc) is 2.88. The zero-order valence-electron chi connectivity index (χ0n) is 12.5. The van der Waals surface area contributed by atoms with Crippen LogP contribution in [0.2, 0.25) is 0 Å². The Labute approximate surface area is 125 Å². The Bertz CT molecular complexity index is 507. The van der Waals surface area contributed by atoms with E-state index in [4.69, 9.17) is 9.47 Å². The van der Waals surface area contributed by atoms with E-state index in [0.29, 0.717) is 25.2 Å². The predicted molar refractivity (Wildman–Crippen MR) is 77.5 cm³/mol. The molecule has 3 aliphatic rings. The molecular weight excluding hydrogens is 268 g/mol. The zero-order chi connectivity index (χ0) is 15.1. The first-order valence-corrected chi connectivity index (χ1v) is 7.72. The molecule has 114 valence electrons. The van der Waals surface area contributed by atoms with E-state index in [0.717, 1.165) is 18.4 Å². The van der Waals surface area contributed by atoms with Crippen LogP contribution in [0.1, 0.15) is 26.2 Å². The van der Waals surface area contributed by atoms with Crippen molar-refractivity contribution in [2.24, 2.45) is 23.7 Å². The summed E-state index contributed by atoms with van der Waals surface area (Å²) >= 11 is 0. The molecule has 21 heavy (non-hydrogen) atoms. The second kappa shape index (κ2) is 5.41. The molecule has 0 aromatic rings. The first-order chi connectivity index (χ1) is 10.0. The molecule has 1 saturated heterocycles. The van der Waals surface area contributed by atoms with Gasteiger partial charge >= 0.3 is 5.97 Å². The summed E-state index contributed by atoms with van der Waals surface area (Å²) in [6.45, 7) is 11.0. The van der Waals surface area contributed by atoms with Crippen molar-refractivity contribution in [2.45, 2.75) is 32.3 Å². The van der Waals surface area contributed by atoms with Gasteiger partial charge in [0.05, 0.1) is 6.61 Å². The second-order valence-corrected chi connectivity index (χ2v) is 6.32. The van der Waals surface area contributed by atoms with Crippen LogP contribution in [0.5, 0.6) is 0 Å². The van der Waals surface area contributed by atoms with Crippen molar-refractivity contribution >= 4 is 11.8 Å². The number of fused-ring (bicyclic) bond motifs is 3. The highest BCUT2D eigenvalue weighted by molar-refractivity contribution is 5.91. The molecule has 3 rings (SSSR count). The lowest BCUT2D eigenvalue weighted by Gasteiger charge is -2.29. The third-order valence-corrected chi connectivity index (χ3v) is 5.30. The van der Waals surface area contributed by atoms with E-state index in [1.165, 1.54) is 0 Å². The van der Waals surface area contributed by atoms with Crippen LogP contribution in [0.4, 0.5) is 0 Å². The van der Waals surface area contributed by atoms with Gasteiger partial charge in [0, 0.05) is 36.4 Å². The molecule has 4 heteroatoms. The summed E-state index contributed by atoms with van der Waals surface area (Å²) in [5, 5.41) is 0. The fraction of sp³-hybridized carbons (Fsp3) is 0.647. The van der Waals surface area contributed by atoms with Crippen LogP contribution in [0, 0.1) is 23.7 Å². The molecule has 2 saturated carbocycles. The molecule has 0 aromatic heterocycles. The topological polar surface area (TPSA) is 52.6 Å². The summed E-state index contributed by atoms with van der Waals surface area (Å²) < 4.78 is 11.1. The molecule has 1 heterocycles. The van der Waals surface area contributed by atoms with Gasteiger partial charge in [-0.1, -0.05) is 18.7 Å². The normalized spacial score (nSPS) is 39.0. The Hall–Kier alpha value is -1.42. The summed E-state index contributed by atoms with van der Waals surface area (Å²) in [5.74, 6) is -0.112. The Kier molecular flexibility index (Phi) is 3.74. The number of ether oxygens (including phenoxy) is 2. The Balaban J connectivity index is 1.93. The van der Waals surface area contributed by atoms with E-state index >= 15 is 0 Å². The number of hydrogen-bond donors (Lipinski definition) is 0. The fourth-order valence-corrected chi connectivity index (χ4v) is 4.17. The minimum absolute atomic E-state index is 0.00671. The monoisotopic (exact) mass is 290 g/mol. The van der Waals surface area contributed by atoms with Crippen LogP contribution in [-0.4, -0.2) is 31.1 Å². The van der Waals surface area contributed by atoms with Crippen molar-refractivity contribution in [1.82, 2.24) is 0 Å². The van der Waals surface area contributed by atoms with Crippen LogP contribution in [0.3, 0.4) is 0 Å². The van der Waals surface area contributed by atoms with Gasteiger partial charge in [0.15, 0.2) is 0 Å². The van der Waals surface area contributed by atoms with Gasteiger partial charge in [-0.15, -0.1) is 0 Å². The molecule has 4 nitrogen and oxygen atoms in total. The zero-order valence-corrected chi connectivity index (χ0v) is 12.5. The third-order valence-electron chi connectivity index (χ3n) is 5.30. The molecule has 0 aromatic carbocycles. The van der Waals surface area contributed by atoms with Crippen LogP contribution >= 0.6 is 0 Å². The highest BCUT2D eigenvalue weighted by atomic mass is 16.6. The largest absolute Gasteiger partial charge is 0.458 e. The lowest BCUT2D eigenvalue weighted by Crippen LogP contribution is -2.35. The van der Waals surface area contributed by atoms with Gasteiger partial charge in [-0.2, -0.15) is 0 Å². The quantitative estimate of drug-likeness (QED) is 0.454. The maximum atomic E-state index is 12.4. The van der Waals surface area contributed by atoms with Crippen molar-refractivity contribution in [3.05, 3.63) is 24.3 Å². The van der Waals surface area contributed by atoms with Crippen LogP contribution < -0.4 is 0 Å². The van der Waals surface area contributed by atoms with E-state index in [9.17, 15) is 9.59 Å². The maximum absolute atomic E-state index is 12.4. The molecule has 1 aliphatic heterocycles. The molecule has 0 N–H and O–H groups in total. The summed E-state index contributed by atoms with van der Waals surface area (Å²) in [4.78, 5) is 24.2. The van der Waals surface area contributed by atoms with Gasteiger partial charge in [-0.05, 0) is 25.7 Å². The van der Waals surface area contributed by atoms with Crippen LogP contribution in [-0.2, 0) is 19.1 Å². The van der Waals surface area contributed by atoms with Gasteiger partial charge in [0.2, 0.25) is 0 Å². The Morgan fingerprint density at radius 1 is 1.29 bits per heavy atom. The number of rotatable bonds is 3. The van der Waals surface area contributed by atoms with Gasteiger partial charge in [0.25, 0.3) is 0 Å². The van der Waals surface area contributed by atoms with Gasteiger partial charge in [-0.3, -0.25) is 4.79 Å². The van der Waals surface area contributed by atoms with E-state index in [1.54, 1.807) is 0 Å². The standard InChI is InChI=1S/C17H22O4/c1-4-20-8-13-14(18)7-12-9(2)5-6-11-10(3)17(19)21-16(11)15(12)13/h11-13,15-16H,2-8H2,1H3. The lowest BCUT2D eigenvalue weighted by atomic mass is 9.79. The van der Waals surface area contributed by atoms with Gasteiger partial charge in [-0.25, -0.2) is 4.79 Å². The molecule has 0 radical (unpaired) electrons. The number of hydrogen-bond acceptors (Lipinski definition) is 4. The van der Waals surface area contributed by atoms with Crippen molar-refractivity contribution < 1.29 is 19.1 Å². The van der Waals surface area contributed by atoms with Crippen molar-refractivity contribution in [2.75, 3.05) is 13.2 Å². The van der Waals surface area contributed by atoms with Crippen LogP contribution in [0.25, 0.3) is 0 Å². The first kappa shape index (κ1) is 14.5. The van der Waals surface area contributed by atoms with E-state index in [2.05, 4.69) is 13.2 Å². The Morgan fingerprint density at radius 2 is 2.05 bits per heavy atom. The number of carbonyl (C=O) groups excluding carboxylic acids is 2. The second-order valence-electron chi connectivity index (χ2n) is 6.32. The average molecular weight is 290 g/mol. The van der Waals surface area contributed by atoms with Crippen molar-refractivity contribution in [1.29, 1.82) is 0 Å². The van der Waals surface area contributed by atoms with Gasteiger partial charge in [0.1, 0.15) is 11.9 Å². The summed E-state index contributed by atoms with van der Waals surface area (Å²) in [7, 11) is 0. The molecular formula is C17H22O4. The molecule has 5 unspecified atom stereocenters. The smallest absolute Gasteiger partial charge is 0.334 e. The predicted octanol–water partition coefficient (Wildman–Crippen LogP) is 2.29. The summed E-state index contributed by atoms with van der Waals surface area (Å²) in [5.41, 5.74) is 1.67. The lowest BCUT2D eigenvalue weighted by molar-refractivity contribution is -0.144. The molecule has 0 spiro atoms. The van der Waals surface area contributed by atoms with Crippen LogP contribution in [0.15, 0.2) is 24.3 Å². The number of allylic oxidation sites excluding steroid dienone is 1. The van der Waals surface area contributed by atoms with Gasteiger partial charge < -0.3 is 9.47 Å². The first-order valence-electron chi connectivity index (χ1n) is 7.72. The van der Waals surface area contributed by atoms with Crippen molar-refractivity contribution in [3.63, 3.8) is 0 Å².